The van der Waals surface area contributed by atoms with E-state index < -0.39 is 0 Å². The first kappa shape index (κ1) is 14.6. The maximum Gasteiger partial charge on any atom is 0.124 e. The summed E-state index contributed by atoms with van der Waals surface area (Å²) in [4.78, 5) is 0. The molecule has 0 bridgehead atoms. The molecule has 0 aliphatic heterocycles. The summed E-state index contributed by atoms with van der Waals surface area (Å²) in [7, 11) is 0. The van der Waals surface area contributed by atoms with Crippen molar-refractivity contribution in [2.75, 3.05) is 5.32 Å². The molecular weight excluding hydrogens is 329 g/mol. The lowest BCUT2D eigenvalue weighted by molar-refractivity contribution is 0.406. The molecule has 1 unspecified atom stereocenters. The molecule has 0 fully saturated rings. The molecule has 0 saturated carbocycles. The molecule has 0 aromatic heterocycles. The maximum atomic E-state index is 13.2. The van der Waals surface area contributed by atoms with Crippen LogP contribution in [0.5, 0.6) is 0 Å². The topological polar surface area (TPSA) is 12.0 Å². The minimum atomic E-state index is -0.224. The third kappa shape index (κ3) is 2.84. The van der Waals surface area contributed by atoms with Crippen LogP contribution in [0, 0.1) is 5.82 Å². The Bertz CT molecular complexity index is 666. The molecule has 110 valence electrons. The number of anilines is 1. The summed E-state index contributed by atoms with van der Waals surface area (Å²) in [5, 5.41) is 3.56. The van der Waals surface area contributed by atoms with Crippen molar-refractivity contribution in [1.29, 1.82) is 0 Å². The molecule has 2 aromatic carbocycles. The average molecular weight is 348 g/mol. The van der Waals surface area contributed by atoms with Crippen molar-refractivity contribution in [3.8, 4) is 0 Å². The van der Waals surface area contributed by atoms with Crippen LogP contribution in [-0.2, 0) is 5.41 Å². The van der Waals surface area contributed by atoms with Crippen molar-refractivity contribution in [2.45, 2.75) is 38.1 Å². The van der Waals surface area contributed by atoms with Crippen LogP contribution in [0.2, 0.25) is 0 Å². The molecule has 0 radical (unpaired) electrons. The molecule has 0 amide bonds. The van der Waals surface area contributed by atoms with Gasteiger partial charge in [-0.1, -0.05) is 38.1 Å². The Morgan fingerprint density at radius 1 is 1.19 bits per heavy atom. The highest BCUT2D eigenvalue weighted by Gasteiger charge is 2.32. The Morgan fingerprint density at radius 3 is 2.71 bits per heavy atom. The summed E-state index contributed by atoms with van der Waals surface area (Å²) in [6.45, 7) is 4.60. The first-order chi connectivity index (χ1) is 9.97. The zero-order valence-corrected chi connectivity index (χ0v) is 13.9. The molecule has 0 heterocycles. The summed E-state index contributed by atoms with van der Waals surface area (Å²) in [6, 6.07) is 13.7. The van der Waals surface area contributed by atoms with Crippen molar-refractivity contribution in [2.24, 2.45) is 0 Å². The van der Waals surface area contributed by atoms with Gasteiger partial charge in [-0.25, -0.2) is 4.39 Å². The fraction of sp³-hybridized carbons (Fsp3) is 0.333. The third-order valence-corrected chi connectivity index (χ3v) is 5.04. The van der Waals surface area contributed by atoms with E-state index in [9.17, 15) is 4.39 Å². The largest absolute Gasteiger partial charge is 0.377 e. The molecule has 1 nitrogen and oxygen atoms in total. The van der Waals surface area contributed by atoms with Crippen molar-refractivity contribution in [3.05, 3.63) is 63.9 Å². The van der Waals surface area contributed by atoms with Crippen molar-refractivity contribution in [3.63, 3.8) is 0 Å². The molecule has 1 N–H and O–H groups in total. The minimum Gasteiger partial charge on any atom is -0.377 e. The van der Waals surface area contributed by atoms with E-state index in [4.69, 9.17) is 0 Å². The van der Waals surface area contributed by atoms with Gasteiger partial charge in [0.15, 0.2) is 0 Å². The van der Waals surface area contributed by atoms with E-state index in [1.165, 1.54) is 23.3 Å². The predicted octanol–water partition coefficient (Wildman–Crippen LogP) is 5.81. The van der Waals surface area contributed by atoms with Gasteiger partial charge in [0.1, 0.15) is 5.82 Å². The normalized spacial score (nSPS) is 19.9. The van der Waals surface area contributed by atoms with Gasteiger partial charge in [0, 0.05) is 10.2 Å². The van der Waals surface area contributed by atoms with E-state index >= 15 is 0 Å². The smallest absolute Gasteiger partial charge is 0.124 e. The number of rotatable bonds is 2. The van der Waals surface area contributed by atoms with E-state index in [1.807, 2.05) is 0 Å². The van der Waals surface area contributed by atoms with Crippen LogP contribution in [0.4, 0.5) is 10.1 Å². The van der Waals surface area contributed by atoms with E-state index in [2.05, 4.69) is 59.4 Å². The SMILES string of the molecule is CC1(C)CCC(Nc2ccc(F)cc2Br)c2ccccc21. The second-order valence-electron chi connectivity index (χ2n) is 6.33. The molecule has 2 aromatic rings. The second kappa shape index (κ2) is 5.45. The standard InChI is InChI=1S/C18H19BrFN/c1-18(2)10-9-16(13-5-3-4-6-14(13)18)21-17-8-7-12(20)11-15(17)19/h3-8,11,16,21H,9-10H2,1-2H3. The molecular formula is C18H19BrFN. The third-order valence-electron chi connectivity index (χ3n) is 4.38. The molecule has 3 rings (SSSR count). The molecule has 1 aliphatic carbocycles. The van der Waals surface area contributed by atoms with E-state index in [0.29, 0.717) is 0 Å². The van der Waals surface area contributed by atoms with Crippen LogP contribution in [0.15, 0.2) is 46.9 Å². The van der Waals surface area contributed by atoms with Gasteiger partial charge < -0.3 is 5.32 Å². The van der Waals surface area contributed by atoms with Gasteiger partial charge in [-0.3, -0.25) is 0 Å². The second-order valence-corrected chi connectivity index (χ2v) is 7.19. The lowest BCUT2D eigenvalue weighted by Crippen LogP contribution is -2.29. The average Bonchev–Trinajstić information content (AvgIpc) is 2.45. The molecule has 0 spiro atoms. The Balaban J connectivity index is 1.94. The Morgan fingerprint density at radius 2 is 1.95 bits per heavy atom. The highest BCUT2D eigenvalue weighted by molar-refractivity contribution is 9.10. The first-order valence-corrected chi connectivity index (χ1v) is 8.08. The highest BCUT2D eigenvalue weighted by atomic mass is 79.9. The summed E-state index contributed by atoms with van der Waals surface area (Å²) in [6.07, 6.45) is 2.22. The molecule has 21 heavy (non-hydrogen) atoms. The zero-order chi connectivity index (χ0) is 15.0. The van der Waals surface area contributed by atoms with Crippen LogP contribution in [0.1, 0.15) is 43.9 Å². The minimum absolute atomic E-state index is 0.217. The molecule has 1 aliphatic rings. The van der Waals surface area contributed by atoms with E-state index in [1.54, 1.807) is 6.07 Å². The number of nitrogens with one attached hydrogen (secondary N) is 1. The van der Waals surface area contributed by atoms with Gasteiger partial charge in [0.25, 0.3) is 0 Å². The van der Waals surface area contributed by atoms with Gasteiger partial charge in [0.2, 0.25) is 0 Å². The summed E-state index contributed by atoms with van der Waals surface area (Å²) >= 11 is 3.43. The van der Waals surface area contributed by atoms with Crippen molar-refractivity contribution in [1.82, 2.24) is 0 Å². The lowest BCUT2D eigenvalue weighted by Gasteiger charge is -2.37. The van der Waals surface area contributed by atoms with E-state index in [-0.39, 0.29) is 17.3 Å². The van der Waals surface area contributed by atoms with Crippen molar-refractivity contribution < 1.29 is 4.39 Å². The monoisotopic (exact) mass is 347 g/mol. The molecule has 1 atom stereocenters. The lowest BCUT2D eigenvalue weighted by atomic mass is 9.71. The predicted molar refractivity (Wildman–Crippen MR) is 89.2 cm³/mol. The van der Waals surface area contributed by atoms with Gasteiger partial charge in [-0.2, -0.15) is 0 Å². The van der Waals surface area contributed by atoms with Crippen LogP contribution < -0.4 is 5.32 Å². The fourth-order valence-corrected chi connectivity index (χ4v) is 3.62. The fourth-order valence-electron chi connectivity index (χ4n) is 3.16. The number of halogens is 2. The van der Waals surface area contributed by atoms with Gasteiger partial charge in [-0.15, -0.1) is 0 Å². The first-order valence-electron chi connectivity index (χ1n) is 7.28. The van der Waals surface area contributed by atoms with Crippen molar-refractivity contribution >= 4 is 21.6 Å². The summed E-state index contributed by atoms with van der Waals surface area (Å²) < 4.78 is 14.0. The van der Waals surface area contributed by atoms with Crippen LogP contribution >= 0.6 is 15.9 Å². The summed E-state index contributed by atoms with van der Waals surface area (Å²) in [5.74, 6) is -0.224. The number of hydrogen-bond acceptors (Lipinski definition) is 1. The van der Waals surface area contributed by atoms with Gasteiger partial charge in [-0.05, 0) is 63.5 Å². The van der Waals surface area contributed by atoms with E-state index in [0.717, 1.165) is 23.0 Å². The van der Waals surface area contributed by atoms with Crippen LogP contribution in [0.3, 0.4) is 0 Å². The molecule has 3 heteroatoms. The van der Waals surface area contributed by atoms with Gasteiger partial charge >= 0.3 is 0 Å². The highest BCUT2D eigenvalue weighted by Crippen LogP contribution is 2.43. The van der Waals surface area contributed by atoms with Crippen LogP contribution in [0.25, 0.3) is 0 Å². The Labute approximate surface area is 133 Å². The quantitative estimate of drug-likeness (QED) is 0.722. The summed E-state index contributed by atoms with van der Waals surface area (Å²) in [5.41, 5.74) is 3.92. The maximum absolute atomic E-state index is 13.2. The number of hydrogen-bond donors (Lipinski definition) is 1. The molecule has 0 saturated heterocycles. The Hall–Kier alpha value is -1.35. The number of fused-ring (bicyclic) bond motifs is 1. The van der Waals surface area contributed by atoms with Gasteiger partial charge in [0.05, 0.1) is 6.04 Å². The number of benzene rings is 2. The Kier molecular flexibility index (Phi) is 3.78. The van der Waals surface area contributed by atoms with Crippen LogP contribution in [-0.4, -0.2) is 0 Å². The zero-order valence-electron chi connectivity index (χ0n) is 12.3.